The highest BCUT2D eigenvalue weighted by molar-refractivity contribution is 5.73. The third-order valence-corrected chi connectivity index (χ3v) is 3.34. The highest BCUT2D eigenvalue weighted by Gasteiger charge is 2.21. The van der Waals surface area contributed by atoms with Gasteiger partial charge >= 0.3 is 5.97 Å². The molecule has 0 fully saturated rings. The van der Waals surface area contributed by atoms with Gasteiger partial charge in [0, 0.05) is 6.42 Å². The van der Waals surface area contributed by atoms with E-state index in [-0.39, 0.29) is 6.61 Å². The van der Waals surface area contributed by atoms with Crippen LogP contribution in [0, 0.1) is 0 Å². The molecule has 126 valence electrons. The summed E-state index contributed by atoms with van der Waals surface area (Å²) in [5.41, 5.74) is 6.01. The van der Waals surface area contributed by atoms with Crippen molar-refractivity contribution >= 4 is 5.97 Å². The van der Waals surface area contributed by atoms with Crippen molar-refractivity contribution in [1.29, 1.82) is 0 Å². The molecule has 0 aliphatic carbocycles. The van der Waals surface area contributed by atoms with Crippen LogP contribution in [0.3, 0.4) is 0 Å². The standard InChI is InChI=1S/C10H25N2.C6H10O3/c1-5-7-8-9-12(3,4)10(11)6-2;1-3-4-9-6(8)5(2)7/h10H,5-9,11H2,1-4H3;3,5,7H,1,4H2,2H3/q+1;. The molecule has 0 bridgehead atoms. The zero-order valence-electron chi connectivity index (χ0n) is 14.5. The summed E-state index contributed by atoms with van der Waals surface area (Å²) in [5, 5.41) is 8.54. The lowest BCUT2D eigenvalue weighted by atomic mass is 10.2. The summed E-state index contributed by atoms with van der Waals surface area (Å²) in [4.78, 5) is 10.4. The molecule has 0 aliphatic rings. The molecule has 0 saturated carbocycles. The summed E-state index contributed by atoms with van der Waals surface area (Å²) < 4.78 is 5.41. The SMILES string of the molecule is C=CCOC(=O)C(C)O.CCCCC[N+](C)(C)C(N)CC. The number of aliphatic hydroxyl groups excluding tert-OH is 1. The lowest BCUT2D eigenvalue weighted by Gasteiger charge is -2.35. The minimum atomic E-state index is -1.04. The highest BCUT2D eigenvalue weighted by atomic mass is 16.5. The average Bonchev–Trinajstić information content (AvgIpc) is 2.44. The molecule has 0 spiro atoms. The zero-order chi connectivity index (χ0) is 16.9. The van der Waals surface area contributed by atoms with Crippen LogP contribution in [0.1, 0.15) is 46.5 Å². The topological polar surface area (TPSA) is 72.5 Å². The van der Waals surface area contributed by atoms with E-state index >= 15 is 0 Å². The maximum absolute atomic E-state index is 10.4. The van der Waals surface area contributed by atoms with Crippen molar-refractivity contribution in [1.82, 2.24) is 0 Å². The summed E-state index contributed by atoms with van der Waals surface area (Å²) in [7, 11) is 4.45. The molecule has 3 N–H and O–H groups in total. The van der Waals surface area contributed by atoms with Gasteiger partial charge in [-0.05, 0) is 19.8 Å². The second-order valence-corrected chi connectivity index (χ2v) is 5.78. The molecular formula is C16H35N2O3+. The smallest absolute Gasteiger partial charge is 0.334 e. The molecule has 0 aromatic carbocycles. The predicted molar refractivity (Wildman–Crippen MR) is 87.6 cm³/mol. The Kier molecular flexibility index (Phi) is 13.6. The first-order valence-electron chi connectivity index (χ1n) is 7.76. The number of carbonyl (C=O) groups is 1. The fourth-order valence-corrected chi connectivity index (χ4v) is 1.69. The van der Waals surface area contributed by atoms with Gasteiger partial charge in [0.05, 0.1) is 20.6 Å². The van der Waals surface area contributed by atoms with Crippen LogP contribution in [-0.2, 0) is 9.53 Å². The van der Waals surface area contributed by atoms with E-state index in [4.69, 9.17) is 10.8 Å². The van der Waals surface area contributed by atoms with Crippen molar-refractivity contribution in [3.8, 4) is 0 Å². The van der Waals surface area contributed by atoms with E-state index in [1.54, 1.807) is 0 Å². The molecular weight excluding hydrogens is 268 g/mol. The van der Waals surface area contributed by atoms with E-state index in [0.717, 1.165) is 10.9 Å². The third kappa shape index (κ3) is 12.5. The van der Waals surface area contributed by atoms with Gasteiger partial charge < -0.3 is 14.3 Å². The van der Waals surface area contributed by atoms with E-state index in [1.807, 2.05) is 0 Å². The van der Waals surface area contributed by atoms with Crippen LogP contribution in [0.15, 0.2) is 12.7 Å². The maximum atomic E-state index is 10.4. The molecule has 5 heteroatoms. The second-order valence-electron chi connectivity index (χ2n) is 5.78. The van der Waals surface area contributed by atoms with Gasteiger partial charge in [-0.2, -0.15) is 0 Å². The summed E-state index contributed by atoms with van der Waals surface area (Å²) in [6, 6.07) is 0. The van der Waals surface area contributed by atoms with E-state index < -0.39 is 12.1 Å². The number of quaternary nitrogens is 1. The van der Waals surface area contributed by atoms with Gasteiger partial charge in [0.1, 0.15) is 18.9 Å². The summed E-state index contributed by atoms with van der Waals surface area (Å²) >= 11 is 0. The summed E-state index contributed by atoms with van der Waals surface area (Å²) in [6.45, 7) is 10.4. The monoisotopic (exact) mass is 303 g/mol. The molecule has 21 heavy (non-hydrogen) atoms. The van der Waals surface area contributed by atoms with Gasteiger partial charge in [0.25, 0.3) is 0 Å². The van der Waals surface area contributed by atoms with Crippen LogP contribution in [0.25, 0.3) is 0 Å². The van der Waals surface area contributed by atoms with Crippen LogP contribution in [0.2, 0.25) is 0 Å². The Hall–Kier alpha value is -0.910. The first-order valence-corrected chi connectivity index (χ1v) is 7.76. The number of rotatable bonds is 9. The number of carbonyl (C=O) groups excluding carboxylic acids is 1. The molecule has 0 amide bonds. The summed E-state index contributed by atoms with van der Waals surface area (Å²) in [6.07, 6.45) is 5.71. The molecule has 0 aliphatic heterocycles. The molecule has 2 atom stereocenters. The Morgan fingerprint density at radius 1 is 1.38 bits per heavy atom. The van der Waals surface area contributed by atoms with Crippen LogP contribution < -0.4 is 5.73 Å². The predicted octanol–water partition coefficient (Wildman–Crippen LogP) is 2.04. The van der Waals surface area contributed by atoms with Gasteiger partial charge in [-0.25, -0.2) is 4.79 Å². The molecule has 2 unspecified atom stereocenters. The van der Waals surface area contributed by atoms with Crippen molar-refractivity contribution < 1.29 is 19.1 Å². The first kappa shape index (κ1) is 22.4. The van der Waals surface area contributed by atoms with Crippen LogP contribution in [-0.4, -0.2) is 55.1 Å². The van der Waals surface area contributed by atoms with Crippen LogP contribution >= 0.6 is 0 Å². The van der Waals surface area contributed by atoms with Gasteiger partial charge in [0.2, 0.25) is 0 Å². The second kappa shape index (κ2) is 12.8. The Bertz CT molecular complexity index is 279. The fourth-order valence-electron chi connectivity index (χ4n) is 1.69. The molecule has 0 radical (unpaired) electrons. The largest absolute Gasteiger partial charge is 0.460 e. The number of hydrogen-bond donors (Lipinski definition) is 2. The minimum absolute atomic E-state index is 0.156. The third-order valence-electron chi connectivity index (χ3n) is 3.34. The van der Waals surface area contributed by atoms with E-state index in [1.165, 1.54) is 38.8 Å². The highest BCUT2D eigenvalue weighted by Crippen LogP contribution is 2.08. The quantitative estimate of drug-likeness (QED) is 0.225. The normalized spacial score (nSPS) is 13.7. The Labute approximate surface area is 130 Å². The maximum Gasteiger partial charge on any atom is 0.334 e. The van der Waals surface area contributed by atoms with Crippen molar-refractivity contribution in [3.63, 3.8) is 0 Å². The van der Waals surface area contributed by atoms with Crippen molar-refractivity contribution in [2.75, 3.05) is 27.2 Å². The first-order chi connectivity index (χ1) is 9.72. The van der Waals surface area contributed by atoms with Crippen molar-refractivity contribution in [2.24, 2.45) is 5.73 Å². The average molecular weight is 303 g/mol. The number of esters is 1. The zero-order valence-corrected chi connectivity index (χ0v) is 14.5. The lowest BCUT2D eigenvalue weighted by molar-refractivity contribution is -0.915. The molecule has 0 aromatic heterocycles. The Morgan fingerprint density at radius 3 is 2.33 bits per heavy atom. The molecule has 0 saturated heterocycles. The number of hydrogen-bond acceptors (Lipinski definition) is 4. The van der Waals surface area contributed by atoms with Gasteiger partial charge in [-0.15, -0.1) is 0 Å². The summed E-state index contributed by atoms with van der Waals surface area (Å²) in [5.74, 6) is -0.616. The number of ether oxygens (including phenoxy) is 1. The van der Waals surface area contributed by atoms with E-state index in [2.05, 4.69) is 39.3 Å². The number of nitrogens with two attached hydrogens (primary N) is 1. The van der Waals surface area contributed by atoms with Crippen LogP contribution in [0.5, 0.6) is 0 Å². The van der Waals surface area contributed by atoms with Crippen LogP contribution in [0.4, 0.5) is 0 Å². The number of aliphatic hydroxyl groups is 1. The molecule has 0 aromatic rings. The number of unbranched alkanes of at least 4 members (excludes halogenated alkanes) is 2. The van der Waals surface area contributed by atoms with E-state index in [0.29, 0.717) is 6.17 Å². The van der Waals surface area contributed by atoms with E-state index in [9.17, 15) is 4.79 Å². The molecule has 0 rings (SSSR count). The Morgan fingerprint density at radius 2 is 1.95 bits per heavy atom. The van der Waals surface area contributed by atoms with Crippen molar-refractivity contribution in [3.05, 3.63) is 12.7 Å². The van der Waals surface area contributed by atoms with Gasteiger partial charge in [-0.1, -0.05) is 32.9 Å². The minimum Gasteiger partial charge on any atom is -0.460 e. The van der Waals surface area contributed by atoms with Gasteiger partial charge in [0.15, 0.2) is 0 Å². The molecule has 0 heterocycles. The Balaban J connectivity index is 0. The molecule has 5 nitrogen and oxygen atoms in total. The fraction of sp³-hybridized carbons (Fsp3) is 0.812. The lowest BCUT2D eigenvalue weighted by Crippen LogP contribution is -2.53. The number of nitrogens with zero attached hydrogens (tertiary/aromatic N) is 1. The van der Waals surface area contributed by atoms with Gasteiger partial charge in [-0.3, -0.25) is 5.73 Å². The van der Waals surface area contributed by atoms with Crippen molar-refractivity contribution in [2.45, 2.75) is 58.7 Å².